The van der Waals surface area contributed by atoms with Crippen molar-refractivity contribution >= 4 is 17.0 Å². The summed E-state index contributed by atoms with van der Waals surface area (Å²) in [7, 11) is 0. The highest BCUT2D eigenvalue weighted by molar-refractivity contribution is 5.81. The lowest BCUT2D eigenvalue weighted by Gasteiger charge is -2.26. The summed E-state index contributed by atoms with van der Waals surface area (Å²) in [5, 5.41) is 43.8. The monoisotopic (exact) mass is 352 g/mol. The number of hydrogen-bond donors (Lipinski definition) is 5. The van der Waals surface area contributed by atoms with Crippen molar-refractivity contribution in [3.63, 3.8) is 0 Å². The van der Waals surface area contributed by atoms with Crippen LogP contribution in [0.5, 0.6) is 0 Å². The molecule has 2 aromatic heterocycles. The molecule has 2 aromatic rings. The number of rotatable bonds is 3. The van der Waals surface area contributed by atoms with Crippen LogP contribution in [0.25, 0.3) is 21.6 Å². The Morgan fingerprint density at radius 1 is 1.24 bits per heavy atom. The number of nitrogens with two attached hydrogens (primary N) is 1. The summed E-state index contributed by atoms with van der Waals surface area (Å²) in [6.45, 7) is -0.641. The molecule has 25 heavy (non-hydrogen) atoms. The number of anilines is 1. The minimum absolute atomic E-state index is 0.109. The number of azide groups is 1. The van der Waals surface area contributed by atoms with Gasteiger partial charge in [0.05, 0.1) is 31.2 Å². The molecular weight excluding hydrogens is 336 g/mol. The van der Waals surface area contributed by atoms with Gasteiger partial charge in [0, 0.05) is 4.91 Å². The molecule has 6 N–H and O–H groups in total. The van der Waals surface area contributed by atoms with E-state index in [0.717, 1.165) is 0 Å². The van der Waals surface area contributed by atoms with Gasteiger partial charge in [-0.1, -0.05) is 5.11 Å². The molecule has 0 unspecified atom stereocenters. The molecule has 134 valence electrons. The Balaban J connectivity index is 2.08. The number of aromatic nitrogens is 4. The van der Waals surface area contributed by atoms with Crippen LogP contribution in [0.15, 0.2) is 17.8 Å². The predicted octanol–water partition coefficient (Wildman–Crippen LogP) is -1.94. The Morgan fingerprint density at radius 2 is 2.00 bits per heavy atom. The molecule has 1 aliphatic heterocycles. The summed E-state index contributed by atoms with van der Waals surface area (Å²) in [6, 6.07) is -1.42. The van der Waals surface area contributed by atoms with E-state index >= 15 is 0 Å². The van der Waals surface area contributed by atoms with E-state index in [4.69, 9.17) is 16.0 Å². The largest absolute Gasteiger partial charge is 0.394 e. The maximum Gasteiger partial charge on any atom is 0.167 e. The minimum Gasteiger partial charge on any atom is -0.394 e. The third-order valence-corrected chi connectivity index (χ3v) is 4.06. The van der Waals surface area contributed by atoms with Crippen LogP contribution in [-0.4, -0.2) is 77.0 Å². The normalized spacial score (nSPS) is 33.0. The summed E-state index contributed by atoms with van der Waals surface area (Å²) >= 11 is 0. The molecule has 3 rings (SSSR count). The van der Waals surface area contributed by atoms with Gasteiger partial charge in [-0.3, -0.25) is 4.57 Å². The van der Waals surface area contributed by atoms with Gasteiger partial charge < -0.3 is 30.9 Å². The summed E-state index contributed by atoms with van der Waals surface area (Å²) < 4.78 is 6.84. The molecule has 0 aliphatic carbocycles. The molecule has 3 heterocycles. The quantitative estimate of drug-likeness (QED) is 0.236. The number of ether oxygens (including phenoxy) is 1. The van der Waals surface area contributed by atoms with Gasteiger partial charge in [-0.2, -0.15) is 0 Å². The molecule has 0 spiro atoms. The number of fused-ring (bicyclic) bond motifs is 1. The smallest absolute Gasteiger partial charge is 0.167 e. The molecule has 1 aliphatic rings. The second-order valence-electron chi connectivity index (χ2n) is 5.50. The Hall–Kier alpha value is -2.54. The van der Waals surface area contributed by atoms with Crippen LogP contribution in [0, 0.1) is 0 Å². The van der Waals surface area contributed by atoms with Gasteiger partial charge in [0.2, 0.25) is 0 Å². The first-order valence-electron chi connectivity index (χ1n) is 7.27. The molecule has 0 aromatic carbocycles. The highest BCUT2D eigenvalue weighted by Gasteiger charge is 2.45. The first-order valence-corrected chi connectivity index (χ1v) is 7.27. The van der Waals surface area contributed by atoms with Crippen LogP contribution < -0.4 is 5.73 Å². The zero-order chi connectivity index (χ0) is 18.1. The second-order valence-corrected chi connectivity index (χ2v) is 5.50. The first kappa shape index (κ1) is 17.3. The highest BCUT2D eigenvalue weighted by Crippen LogP contribution is 2.31. The van der Waals surface area contributed by atoms with Gasteiger partial charge in [0.15, 0.2) is 17.7 Å². The third-order valence-electron chi connectivity index (χ3n) is 4.06. The predicted molar refractivity (Wildman–Crippen MR) is 81.7 cm³/mol. The van der Waals surface area contributed by atoms with Gasteiger partial charge in [0.25, 0.3) is 0 Å². The van der Waals surface area contributed by atoms with Crippen molar-refractivity contribution in [1.29, 1.82) is 0 Å². The fourth-order valence-electron chi connectivity index (χ4n) is 2.77. The van der Waals surface area contributed by atoms with E-state index in [1.54, 1.807) is 0 Å². The number of imidazole rings is 1. The minimum atomic E-state index is -1.66. The topological polar surface area (TPSA) is 209 Å². The number of hydrogen-bond acceptors (Lipinski definition) is 10. The van der Waals surface area contributed by atoms with Crippen molar-refractivity contribution < 1.29 is 25.2 Å². The zero-order valence-electron chi connectivity index (χ0n) is 12.7. The van der Waals surface area contributed by atoms with Gasteiger partial charge >= 0.3 is 0 Å². The van der Waals surface area contributed by atoms with Gasteiger partial charge in [-0.05, 0) is 5.53 Å². The summed E-state index contributed by atoms with van der Waals surface area (Å²) in [6.07, 6.45) is -4.87. The highest BCUT2D eigenvalue weighted by atomic mass is 16.5. The van der Waals surface area contributed by atoms with E-state index in [-0.39, 0.29) is 17.0 Å². The summed E-state index contributed by atoms with van der Waals surface area (Å²) in [4.78, 5) is 14.4. The molecule has 1 saturated heterocycles. The van der Waals surface area contributed by atoms with Crippen molar-refractivity contribution in [2.24, 2.45) is 5.11 Å². The van der Waals surface area contributed by atoms with Gasteiger partial charge in [0.1, 0.15) is 24.1 Å². The molecule has 0 amide bonds. The molecule has 6 atom stereocenters. The Kier molecular flexibility index (Phi) is 4.67. The van der Waals surface area contributed by atoms with Gasteiger partial charge in [-0.15, -0.1) is 0 Å². The zero-order valence-corrected chi connectivity index (χ0v) is 12.7. The molecular formula is C12H16N8O5. The van der Waals surface area contributed by atoms with Crippen molar-refractivity contribution in [3.05, 3.63) is 23.1 Å². The van der Waals surface area contributed by atoms with Crippen LogP contribution in [0.2, 0.25) is 0 Å². The van der Waals surface area contributed by atoms with E-state index < -0.39 is 43.3 Å². The Morgan fingerprint density at radius 3 is 2.68 bits per heavy atom. The van der Waals surface area contributed by atoms with Crippen molar-refractivity contribution in [2.75, 3.05) is 12.3 Å². The molecule has 13 nitrogen and oxygen atoms in total. The Labute approximate surface area is 140 Å². The van der Waals surface area contributed by atoms with Crippen LogP contribution in [0.3, 0.4) is 0 Å². The molecule has 1 fully saturated rings. The van der Waals surface area contributed by atoms with Crippen LogP contribution in [0.4, 0.5) is 5.82 Å². The summed E-state index contributed by atoms with van der Waals surface area (Å²) in [5.41, 5.74) is 14.8. The van der Waals surface area contributed by atoms with Crippen LogP contribution in [-0.2, 0) is 4.74 Å². The van der Waals surface area contributed by atoms with E-state index in [0.29, 0.717) is 0 Å². The number of nitrogen functional groups attached to an aromatic ring is 1. The molecule has 0 radical (unpaired) electrons. The summed E-state index contributed by atoms with van der Waals surface area (Å²) in [5.74, 6) is 0.109. The fraction of sp³-hybridized carbons (Fsp3) is 0.583. The SMILES string of the molecule is [N-]=[N+]=N[C@H]1[C@@H](O)[C@@H](O)[C@H](n2cnc3c(N)ncnc32)O[C@H](CO)[C@H]1O. The first-order chi connectivity index (χ1) is 12.0. The van der Waals surface area contributed by atoms with E-state index in [2.05, 4.69) is 25.0 Å². The van der Waals surface area contributed by atoms with E-state index in [1.807, 2.05) is 0 Å². The number of aliphatic hydroxyl groups excluding tert-OH is 4. The maximum atomic E-state index is 10.5. The molecule has 13 heteroatoms. The third kappa shape index (κ3) is 2.84. The van der Waals surface area contributed by atoms with Crippen LogP contribution in [0.1, 0.15) is 6.23 Å². The van der Waals surface area contributed by atoms with Crippen molar-refractivity contribution in [1.82, 2.24) is 19.5 Å². The standard InChI is InChI=1S/C12H16N8O5/c13-10-6-11(16-2-15-10)20(3-17-6)12-9(24)8(23)5(18-19-14)7(22)4(1-21)25-12/h2-5,7-9,12,21-24H,1H2,(H2,13,15,16)/t4-,5-,7-,8-,9-,12-/m1/s1. The van der Waals surface area contributed by atoms with Crippen molar-refractivity contribution in [2.45, 2.75) is 36.7 Å². The lowest BCUT2D eigenvalue weighted by molar-refractivity contribution is -0.149. The van der Waals surface area contributed by atoms with Gasteiger partial charge in [-0.25, -0.2) is 15.0 Å². The van der Waals surface area contributed by atoms with E-state index in [1.165, 1.54) is 17.2 Å². The average molecular weight is 352 g/mol. The van der Waals surface area contributed by atoms with E-state index in [9.17, 15) is 20.4 Å². The maximum absolute atomic E-state index is 10.5. The number of nitrogens with zero attached hydrogens (tertiary/aromatic N) is 7. The molecule has 0 bridgehead atoms. The lowest BCUT2D eigenvalue weighted by Crippen LogP contribution is -2.46. The lowest BCUT2D eigenvalue weighted by atomic mass is 9.98. The molecule has 0 saturated carbocycles. The second kappa shape index (κ2) is 6.76. The van der Waals surface area contributed by atoms with Crippen molar-refractivity contribution in [3.8, 4) is 0 Å². The number of aliphatic hydroxyl groups is 4. The Bertz CT molecular complexity index is 808. The fourth-order valence-corrected chi connectivity index (χ4v) is 2.77. The average Bonchev–Trinajstić information content (AvgIpc) is 3.01. The van der Waals surface area contributed by atoms with Crippen LogP contribution >= 0.6 is 0 Å².